The van der Waals surface area contributed by atoms with Crippen LogP contribution in [0.15, 0.2) is 0 Å². The summed E-state index contributed by atoms with van der Waals surface area (Å²) < 4.78 is 4.76. The molecule has 0 unspecified atom stereocenters. The minimum atomic E-state index is -1.16. The Morgan fingerprint density at radius 2 is 1.11 bits per heavy atom. The number of unbranched alkanes of at least 4 members (excludes halogenated alkanes) is 4. The molecule has 7 heteroatoms. The Balaban J connectivity index is -0.00000312. The van der Waals surface area contributed by atoms with Crippen LogP contribution >= 0.6 is 24.8 Å². The molecule has 0 aliphatic heterocycles. The zero-order chi connectivity index (χ0) is 19.6. The fraction of sp³-hybridized carbons (Fsp3) is 0.952. The Labute approximate surface area is 186 Å². The van der Waals surface area contributed by atoms with Gasteiger partial charge in [0.2, 0.25) is 0 Å². The first-order valence-corrected chi connectivity index (χ1v) is 10.9. The molecule has 0 aromatic rings. The molecule has 0 rings (SSSR count). The number of carbonyl (C=O) groups is 1. The second kappa shape index (κ2) is 23.1. The molecular formula is C21H46Cl2N2O3. The molecule has 0 heterocycles. The van der Waals surface area contributed by atoms with Crippen LogP contribution < -0.4 is 0 Å². The topological polar surface area (TPSA) is 53.0 Å². The van der Waals surface area contributed by atoms with E-state index in [4.69, 9.17) is 9.84 Å². The minimum Gasteiger partial charge on any atom is -0.450 e. The molecule has 0 aliphatic carbocycles. The monoisotopic (exact) mass is 444 g/mol. The summed E-state index contributed by atoms with van der Waals surface area (Å²) in [6.07, 6.45) is 10.7. The Kier molecular flexibility index (Phi) is 26.7. The van der Waals surface area contributed by atoms with Gasteiger partial charge in [-0.3, -0.25) is 9.80 Å². The van der Waals surface area contributed by atoms with Crippen molar-refractivity contribution in [1.82, 2.24) is 9.80 Å². The standard InChI is InChI=1S/C21H44N2O3.2ClH/c1-5-9-15-22(16-10-6-2)20(14-13-19-26-21(24)25)23(17-11-7-3)18-12-8-4;;/h20H,5-19H2,1-4H3,(H,24,25);2*1H. The van der Waals surface area contributed by atoms with Gasteiger partial charge in [-0.2, -0.15) is 0 Å². The first kappa shape index (κ1) is 32.4. The highest BCUT2D eigenvalue weighted by molar-refractivity contribution is 5.85. The largest absolute Gasteiger partial charge is 0.505 e. The molecular weight excluding hydrogens is 399 g/mol. The van der Waals surface area contributed by atoms with Gasteiger partial charge < -0.3 is 9.84 Å². The van der Waals surface area contributed by atoms with Crippen molar-refractivity contribution in [2.45, 2.75) is 98.1 Å². The molecule has 0 radical (unpaired) electrons. The van der Waals surface area contributed by atoms with Crippen molar-refractivity contribution in [2.24, 2.45) is 0 Å². The summed E-state index contributed by atoms with van der Waals surface area (Å²) >= 11 is 0. The second-order valence-electron chi connectivity index (χ2n) is 7.22. The van der Waals surface area contributed by atoms with Crippen LogP contribution in [0.3, 0.4) is 0 Å². The molecule has 0 saturated carbocycles. The molecule has 5 nitrogen and oxygen atoms in total. The normalized spacial score (nSPS) is 10.8. The Morgan fingerprint density at radius 3 is 1.39 bits per heavy atom. The number of ether oxygens (including phenoxy) is 1. The maximum Gasteiger partial charge on any atom is 0.505 e. The van der Waals surface area contributed by atoms with E-state index in [0.29, 0.717) is 12.8 Å². The van der Waals surface area contributed by atoms with Crippen molar-refractivity contribution in [3.63, 3.8) is 0 Å². The average molecular weight is 446 g/mol. The van der Waals surface area contributed by atoms with Crippen LogP contribution in [-0.2, 0) is 4.74 Å². The Morgan fingerprint density at radius 1 is 0.750 bits per heavy atom. The number of carboxylic acid groups (broad SMARTS) is 1. The predicted molar refractivity (Wildman–Crippen MR) is 124 cm³/mol. The summed E-state index contributed by atoms with van der Waals surface area (Å²) in [5.74, 6) is 0. The summed E-state index contributed by atoms with van der Waals surface area (Å²) in [5.41, 5.74) is 0. The maximum absolute atomic E-state index is 10.6. The van der Waals surface area contributed by atoms with Crippen LogP contribution in [0.1, 0.15) is 91.9 Å². The highest BCUT2D eigenvalue weighted by atomic mass is 35.5. The minimum absolute atomic E-state index is 0. The predicted octanol–water partition coefficient (Wildman–Crippen LogP) is 6.44. The van der Waals surface area contributed by atoms with E-state index in [1.165, 1.54) is 51.4 Å². The van der Waals surface area contributed by atoms with Gasteiger partial charge in [0.1, 0.15) is 0 Å². The van der Waals surface area contributed by atoms with Gasteiger partial charge in [-0.1, -0.05) is 53.4 Å². The van der Waals surface area contributed by atoms with Crippen molar-refractivity contribution in [1.29, 1.82) is 0 Å². The smallest absolute Gasteiger partial charge is 0.450 e. The molecule has 0 aromatic heterocycles. The lowest BCUT2D eigenvalue weighted by Crippen LogP contribution is -2.50. The van der Waals surface area contributed by atoms with Crippen LogP contribution in [0, 0.1) is 0 Å². The highest BCUT2D eigenvalue weighted by Crippen LogP contribution is 2.17. The van der Waals surface area contributed by atoms with Gasteiger partial charge in [-0.15, -0.1) is 24.8 Å². The van der Waals surface area contributed by atoms with Gasteiger partial charge in [0.25, 0.3) is 0 Å². The van der Waals surface area contributed by atoms with Crippen molar-refractivity contribution in [3.8, 4) is 0 Å². The van der Waals surface area contributed by atoms with Crippen LogP contribution in [0.5, 0.6) is 0 Å². The number of hydrogen-bond acceptors (Lipinski definition) is 4. The van der Waals surface area contributed by atoms with Gasteiger partial charge in [0.15, 0.2) is 0 Å². The Bertz CT molecular complexity index is 301. The van der Waals surface area contributed by atoms with E-state index >= 15 is 0 Å². The van der Waals surface area contributed by atoms with E-state index in [2.05, 4.69) is 37.5 Å². The van der Waals surface area contributed by atoms with E-state index < -0.39 is 6.16 Å². The van der Waals surface area contributed by atoms with E-state index in [-0.39, 0.29) is 24.8 Å². The number of halogens is 2. The zero-order valence-corrected chi connectivity index (χ0v) is 20.3. The average Bonchev–Trinajstić information content (AvgIpc) is 2.63. The van der Waals surface area contributed by atoms with Crippen LogP contribution in [0.2, 0.25) is 0 Å². The summed E-state index contributed by atoms with van der Waals surface area (Å²) in [5, 5.41) is 8.72. The first-order valence-electron chi connectivity index (χ1n) is 10.9. The van der Waals surface area contributed by atoms with Gasteiger partial charge in [-0.25, -0.2) is 4.79 Å². The number of nitrogens with zero attached hydrogens (tertiary/aromatic N) is 2. The molecule has 0 spiro atoms. The third-order valence-corrected chi connectivity index (χ3v) is 4.87. The second-order valence-corrected chi connectivity index (χ2v) is 7.22. The lowest BCUT2D eigenvalue weighted by Gasteiger charge is -2.40. The van der Waals surface area contributed by atoms with E-state index in [0.717, 1.165) is 39.0 Å². The highest BCUT2D eigenvalue weighted by Gasteiger charge is 2.24. The third kappa shape index (κ3) is 16.7. The quantitative estimate of drug-likeness (QED) is 0.150. The van der Waals surface area contributed by atoms with Crippen LogP contribution in [0.25, 0.3) is 0 Å². The molecule has 0 saturated heterocycles. The zero-order valence-electron chi connectivity index (χ0n) is 18.7. The summed E-state index contributed by atoms with van der Waals surface area (Å²) in [7, 11) is 0. The number of hydrogen-bond donors (Lipinski definition) is 1. The molecule has 0 aromatic carbocycles. The third-order valence-electron chi connectivity index (χ3n) is 4.87. The molecule has 28 heavy (non-hydrogen) atoms. The fourth-order valence-electron chi connectivity index (χ4n) is 3.29. The molecule has 0 atom stereocenters. The van der Waals surface area contributed by atoms with E-state index in [1.54, 1.807) is 0 Å². The summed E-state index contributed by atoms with van der Waals surface area (Å²) in [6, 6.07) is 0. The molecule has 172 valence electrons. The van der Waals surface area contributed by atoms with Gasteiger partial charge in [0.05, 0.1) is 12.8 Å². The summed E-state index contributed by atoms with van der Waals surface area (Å²) in [6.45, 7) is 13.8. The van der Waals surface area contributed by atoms with E-state index in [9.17, 15) is 4.79 Å². The van der Waals surface area contributed by atoms with Crippen LogP contribution in [0.4, 0.5) is 4.79 Å². The summed E-state index contributed by atoms with van der Waals surface area (Å²) in [4.78, 5) is 15.9. The number of rotatable bonds is 18. The molecule has 1 N–H and O–H groups in total. The van der Waals surface area contributed by atoms with Crippen molar-refractivity contribution in [2.75, 3.05) is 32.8 Å². The van der Waals surface area contributed by atoms with E-state index in [1.807, 2.05) is 0 Å². The lowest BCUT2D eigenvalue weighted by atomic mass is 10.1. The first-order chi connectivity index (χ1) is 12.6. The molecule has 0 amide bonds. The van der Waals surface area contributed by atoms with Crippen LogP contribution in [-0.4, -0.2) is 60.0 Å². The molecule has 0 fully saturated rings. The molecule has 0 bridgehead atoms. The maximum atomic E-state index is 10.6. The van der Waals surface area contributed by atoms with Crippen molar-refractivity contribution < 1.29 is 14.6 Å². The Hall–Kier alpha value is -0.230. The lowest BCUT2D eigenvalue weighted by molar-refractivity contribution is 0.0234. The van der Waals surface area contributed by atoms with Gasteiger partial charge >= 0.3 is 6.16 Å². The fourth-order valence-corrected chi connectivity index (χ4v) is 3.29. The van der Waals surface area contributed by atoms with Crippen molar-refractivity contribution in [3.05, 3.63) is 0 Å². The van der Waals surface area contributed by atoms with Crippen molar-refractivity contribution >= 4 is 31.0 Å². The van der Waals surface area contributed by atoms with Gasteiger partial charge in [-0.05, 0) is 64.7 Å². The van der Waals surface area contributed by atoms with Gasteiger partial charge in [0, 0.05) is 0 Å². The SMILES string of the molecule is CCCCN(CCCC)C(CCCOC(=O)O)N(CCCC)CCCC.Cl.Cl. The molecule has 0 aliphatic rings.